The zero-order valence-corrected chi connectivity index (χ0v) is 21.9. The molecule has 0 saturated heterocycles. The highest BCUT2D eigenvalue weighted by Crippen LogP contribution is 2.69. The summed E-state index contributed by atoms with van der Waals surface area (Å²) in [4.78, 5) is 9.64. The molecule has 2 bridgehead atoms. The number of rotatable bonds is 6. The molecular formula is C29H30F2N6O. The van der Waals surface area contributed by atoms with E-state index in [1.165, 1.54) is 18.2 Å². The molecule has 2 aliphatic rings. The van der Waals surface area contributed by atoms with Crippen molar-refractivity contribution in [2.24, 2.45) is 11.3 Å². The molecule has 6 rings (SSSR count). The first kappa shape index (κ1) is 24.7. The molecule has 4 aromatic rings. The summed E-state index contributed by atoms with van der Waals surface area (Å²) in [7, 11) is 0. The second-order valence-corrected chi connectivity index (χ2v) is 11.3. The van der Waals surface area contributed by atoms with Crippen molar-refractivity contribution in [2.45, 2.75) is 58.4 Å². The second-order valence-electron chi connectivity index (χ2n) is 11.3. The lowest BCUT2D eigenvalue weighted by Gasteiger charge is -2.37. The molecule has 0 radical (unpaired) electrons. The lowest BCUT2D eigenvalue weighted by molar-refractivity contribution is 0.218. The van der Waals surface area contributed by atoms with Crippen molar-refractivity contribution in [1.82, 2.24) is 29.9 Å². The van der Waals surface area contributed by atoms with Gasteiger partial charge in [-0.25, -0.2) is 13.8 Å². The molecule has 1 fully saturated rings. The molecule has 0 aliphatic heterocycles. The van der Waals surface area contributed by atoms with Gasteiger partial charge in [-0.2, -0.15) is 10.2 Å². The zero-order valence-electron chi connectivity index (χ0n) is 21.9. The minimum atomic E-state index is -0.655. The highest BCUT2D eigenvalue weighted by atomic mass is 19.1. The number of fused-ring (bicyclic) bond motifs is 5. The van der Waals surface area contributed by atoms with Crippen molar-refractivity contribution in [3.63, 3.8) is 0 Å². The van der Waals surface area contributed by atoms with Gasteiger partial charge in [-0.1, -0.05) is 26.8 Å². The minimum absolute atomic E-state index is 0.0882. The standard InChI is InChI=1S/C29H30F2N6O/c1-16(15-38)14-37-17(2)10-22(36-37)24-12-32-13-25(33-24)29-9-8-19(28(29,3)4)18-11-23(34-35-27(18)29)26-20(30)6-5-7-21(26)31/h5-7,10-13,16,19,38H,8-9,14-15H2,1-4H3/t16-,19-,29-/m0/s1. The van der Waals surface area contributed by atoms with Gasteiger partial charge in [-0.05, 0) is 66.8 Å². The predicted molar refractivity (Wildman–Crippen MR) is 138 cm³/mol. The summed E-state index contributed by atoms with van der Waals surface area (Å²) >= 11 is 0. The smallest absolute Gasteiger partial charge is 0.135 e. The van der Waals surface area contributed by atoms with Crippen LogP contribution in [-0.2, 0) is 12.0 Å². The topological polar surface area (TPSA) is 89.6 Å². The molecule has 3 aromatic heterocycles. The van der Waals surface area contributed by atoms with Crippen molar-refractivity contribution in [2.75, 3.05) is 6.61 Å². The van der Waals surface area contributed by atoms with Crippen molar-refractivity contribution in [3.8, 4) is 22.6 Å². The Morgan fingerprint density at radius 3 is 2.58 bits per heavy atom. The van der Waals surface area contributed by atoms with E-state index in [0.717, 1.165) is 41.2 Å². The van der Waals surface area contributed by atoms with Crippen LogP contribution >= 0.6 is 0 Å². The van der Waals surface area contributed by atoms with Crippen molar-refractivity contribution in [3.05, 3.63) is 77.0 Å². The molecule has 0 unspecified atom stereocenters. The SMILES string of the molecule is Cc1cc(-c2cncc([C@@]34CC[C@@H](c5cc(-c6c(F)cccc6F)nnc53)C4(C)C)n2)nn1C[C@H](C)CO. The fraction of sp³-hybridized carbons (Fsp3) is 0.414. The number of benzene rings is 1. The molecular weight excluding hydrogens is 486 g/mol. The van der Waals surface area contributed by atoms with Gasteiger partial charge in [0.05, 0.1) is 34.3 Å². The molecule has 7 nitrogen and oxygen atoms in total. The van der Waals surface area contributed by atoms with E-state index in [1.807, 2.05) is 30.7 Å². The largest absolute Gasteiger partial charge is 0.396 e. The van der Waals surface area contributed by atoms with Crippen LogP contribution in [0.5, 0.6) is 0 Å². The Labute approximate surface area is 220 Å². The van der Waals surface area contributed by atoms with E-state index in [0.29, 0.717) is 12.2 Å². The summed E-state index contributed by atoms with van der Waals surface area (Å²) in [5.74, 6) is -1.07. The monoisotopic (exact) mass is 516 g/mol. The van der Waals surface area contributed by atoms with E-state index in [1.54, 1.807) is 12.4 Å². The van der Waals surface area contributed by atoms with Crippen LogP contribution in [0, 0.1) is 29.9 Å². The molecule has 1 saturated carbocycles. The van der Waals surface area contributed by atoms with Crippen LogP contribution in [-0.4, -0.2) is 41.7 Å². The fourth-order valence-electron chi connectivity index (χ4n) is 6.62. The fourth-order valence-corrected chi connectivity index (χ4v) is 6.62. The number of aliphatic hydroxyl groups excluding tert-OH is 1. The van der Waals surface area contributed by atoms with Gasteiger partial charge in [-0.3, -0.25) is 9.67 Å². The van der Waals surface area contributed by atoms with Gasteiger partial charge in [0.1, 0.15) is 23.0 Å². The van der Waals surface area contributed by atoms with Crippen LogP contribution in [0.3, 0.4) is 0 Å². The van der Waals surface area contributed by atoms with Crippen molar-refractivity contribution >= 4 is 0 Å². The van der Waals surface area contributed by atoms with E-state index in [9.17, 15) is 13.9 Å². The Morgan fingerprint density at radius 2 is 1.84 bits per heavy atom. The Kier molecular flexibility index (Phi) is 5.68. The minimum Gasteiger partial charge on any atom is -0.396 e. The quantitative estimate of drug-likeness (QED) is 0.378. The highest BCUT2D eigenvalue weighted by molar-refractivity contribution is 5.64. The van der Waals surface area contributed by atoms with E-state index >= 15 is 0 Å². The van der Waals surface area contributed by atoms with Crippen LogP contribution in [0.15, 0.2) is 42.7 Å². The number of nitrogens with zero attached hydrogens (tertiary/aromatic N) is 6. The molecule has 3 heterocycles. The van der Waals surface area contributed by atoms with Gasteiger partial charge in [0.15, 0.2) is 0 Å². The van der Waals surface area contributed by atoms with Crippen LogP contribution < -0.4 is 0 Å². The molecule has 1 N–H and O–H groups in total. The first-order chi connectivity index (χ1) is 18.2. The van der Waals surface area contributed by atoms with E-state index in [-0.39, 0.29) is 35.1 Å². The molecule has 0 spiro atoms. The maximum absolute atomic E-state index is 14.5. The first-order valence-corrected chi connectivity index (χ1v) is 13.0. The highest BCUT2D eigenvalue weighted by Gasteiger charge is 2.65. The maximum Gasteiger partial charge on any atom is 0.135 e. The summed E-state index contributed by atoms with van der Waals surface area (Å²) in [6, 6.07) is 7.61. The number of aliphatic hydroxyl groups is 1. The summed E-state index contributed by atoms with van der Waals surface area (Å²) in [5, 5.41) is 23.1. The Balaban J connectivity index is 1.44. The molecule has 9 heteroatoms. The van der Waals surface area contributed by atoms with Gasteiger partial charge in [0.2, 0.25) is 0 Å². The second kappa shape index (κ2) is 8.73. The number of halogens is 2. The van der Waals surface area contributed by atoms with Gasteiger partial charge >= 0.3 is 0 Å². The van der Waals surface area contributed by atoms with Crippen molar-refractivity contribution < 1.29 is 13.9 Å². The normalized spacial score (nSPS) is 22.0. The molecule has 3 atom stereocenters. The Bertz CT molecular complexity index is 1530. The van der Waals surface area contributed by atoms with Crippen LogP contribution in [0.25, 0.3) is 22.6 Å². The van der Waals surface area contributed by atoms with E-state index in [2.05, 4.69) is 29.0 Å². The molecule has 196 valence electrons. The molecule has 1 aromatic carbocycles. The Hall–Kier alpha value is -3.59. The number of hydrogen-bond acceptors (Lipinski definition) is 6. The third-order valence-electron chi connectivity index (χ3n) is 8.71. The third-order valence-corrected chi connectivity index (χ3v) is 8.71. The Morgan fingerprint density at radius 1 is 1.08 bits per heavy atom. The van der Waals surface area contributed by atoms with Crippen LogP contribution in [0.1, 0.15) is 62.2 Å². The van der Waals surface area contributed by atoms with Crippen LogP contribution in [0.4, 0.5) is 8.78 Å². The van der Waals surface area contributed by atoms with E-state index in [4.69, 9.17) is 10.1 Å². The molecule has 0 amide bonds. The van der Waals surface area contributed by atoms with Crippen molar-refractivity contribution in [1.29, 1.82) is 0 Å². The van der Waals surface area contributed by atoms with E-state index < -0.39 is 17.0 Å². The van der Waals surface area contributed by atoms with Gasteiger partial charge in [0.25, 0.3) is 0 Å². The van der Waals surface area contributed by atoms with Gasteiger partial charge < -0.3 is 5.11 Å². The lowest BCUT2D eigenvalue weighted by atomic mass is 9.66. The first-order valence-electron chi connectivity index (χ1n) is 13.0. The summed E-state index contributed by atoms with van der Waals surface area (Å²) < 4.78 is 31.0. The number of hydrogen-bond donors (Lipinski definition) is 1. The number of aryl methyl sites for hydroxylation is 1. The third kappa shape index (κ3) is 3.44. The van der Waals surface area contributed by atoms with Crippen LogP contribution in [0.2, 0.25) is 0 Å². The number of aromatic nitrogens is 6. The average Bonchev–Trinajstić information content (AvgIpc) is 3.46. The zero-order chi connectivity index (χ0) is 26.8. The van der Waals surface area contributed by atoms with Gasteiger partial charge in [0, 0.05) is 25.0 Å². The predicted octanol–water partition coefficient (Wildman–Crippen LogP) is 5.22. The summed E-state index contributed by atoms with van der Waals surface area (Å²) in [6.45, 7) is 9.08. The average molecular weight is 517 g/mol. The lowest BCUT2D eigenvalue weighted by Crippen LogP contribution is -2.38. The molecule has 38 heavy (non-hydrogen) atoms. The summed E-state index contributed by atoms with van der Waals surface area (Å²) in [5.41, 5.74) is 4.23. The molecule has 2 aliphatic carbocycles. The maximum atomic E-state index is 14.5. The summed E-state index contributed by atoms with van der Waals surface area (Å²) in [6.07, 6.45) is 5.25. The van der Waals surface area contributed by atoms with Gasteiger partial charge in [-0.15, -0.1) is 5.10 Å².